The highest BCUT2D eigenvalue weighted by Crippen LogP contribution is 2.18. The minimum Gasteiger partial charge on any atom is -0.487 e. The van der Waals surface area contributed by atoms with Crippen LogP contribution in [0.2, 0.25) is 0 Å². The third kappa shape index (κ3) is 7.61. The Morgan fingerprint density at radius 3 is 1.43 bits per heavy atom. The standard InChI is InChI=1S/C29H36N2O4S2/c1-22-28(11-15-32)36-20-30(22)13-17-34-26-7-3-24(4-8-26)19-25-5-9-27(10-6-25)35-18-14-31-21-37-29(12-16-33)23(31)2/h3-10,20-21,32-33H,11-19H2,1-2H3/q+2. The van der Waals surface area contributed by atoms with E-state index >= 15 is 0 Å². The molecule has 0 atom stereocenters. The van der Waals surface area contributed by atoms with Crippen molar-refractivity contribution in [2.75, 3.05) is 26.4 Å². The van der Waals surface area contributed by atoms with Gasteiger partial charge in [0, 0.05) is 39.9 Å². The van der Waals surface area contributed by atoms with Gasteiger partial charge in [-0.15, -0.1) is 0 Å². The predicted molar refractivity (Wildman–Crippen MR) is 147 cm³/mol. The van der Waals surface area contributed by atoms with Gasteiger partial charge in [-0.05, 0) is 41.8 Å². The quantitative estimate of drug-likeness (QED) is 0.239. The van der Waals surface area contributed by atoms with Crippen LogP contribution >= 0.6 is 22.7 Å². The van der Waals surface area contributed by atoms with Gasteiger partial charge in [0.1, 0.15) is 24.7 Å². The Bertz CT molecular complexity index is 1150. The fraction of sp³-hybridized carbons (Fsp3) is 0.379. The fourth-order valence-corrected chi connectivity index (χ4v) is 6.22. The first-order valence-corrected chi connectivity index (χ1v) is 14.4. The zero-order chi connectivity index (χ0) is 26.0. The molecule has 0 aliphatic carbocycles. The molecule has 2 heterocycles. The molecule has 2 aromatic carbocycles. The van der Waals surface area contributed by atoms with Gasteiger partial charge in [0.25, 0.3) is 0 Å². The number of aliphatic hydroxyl groups excluding tert-OH is 2. The van der Waals surface area contributed by atoms with Crippen molar-refractivity contribution in [3.8, 4) is 11.5 Å². The van der Waals surface area contributed by atoms with E-state index in [4.69, 9.17) is 19.7 Å². The molecule has 2 aromatic heterocycles. The summed E-state index contributed by atoms with van der Waals surface area (Å²) in [4.78, 5) is 2.46. The van der Waals surface area contributed by atoms with Crippen LogP contribution in [0.25, 0.3) is 0 Å². The van der Waals surface area contributed by atoms with Crippen LogP contribution in [-0.2, 0) is 32.4 Å². The summed E-state index contributed by atoms with van der Waals surface area (Å²) in [7, 11) is 0. The molecule has 0 amide bonds. The molecule has 6 nitrogen and oxygen atoms in total. The van der Waals surface area contributed by atoms with Crippen LogP contribution in [0.5, 0.6) is 11.5 Å². The number of aliphatic hydroxyl groups is 2. The van der Waals surface area contributed by atoms with Crippen LogP contribution in [0.3, 0.4) is 0 Å². The van der Waals surface area contributed by atoms with Gasteiger partial charge in [-0.2, -0.15) is 9.13 Å². The molecule has 0 saturated carbocycles. The number of aromatic nitrogens is 2. The molecule has 4 aromatic rings. The topological polar surface area (TPSA) is 66.7 Å². The van der Waals surface area contributed by atoms with E-state index in [1.165, 1.54) is 32.3 Å². The van der Waals surface area contributed by atoms with Crippen molar-refractivity contribution in [1.29, 1.82) is 0 Å². The van der Waals surface area contributed by atoms with Crippen molar-refractivity contribution in [1.82, 2.24) is 0 Å². The molecule has 37 heavy (non-hydrogen) atoms. The third-order valence-corrected chi connectivity index (χ3v) is 8.74. The van der Waals surface area contributed by atoms with Crippen LogP contribution in [0.15, 0.2) is 59.6 Å². The maximum absolute atomic E-state index is 9.16. The van der Waals surface area contributed by atoms with E-state index in [-0.39, 0.29) is 13.2 Å². The van der Waals surface area contributed by atoms with E-state index in [0.29, 0.717) is 26.1 Å². The molecule has 0 radical (unpaired) electrons. The zero-order valence-corrected chi connectivity index (χ0v) is 23.2. The summed E-state index contributed by atoms with van der Waals surface area (Å²) in [6.45, 7) is 7.35. The second kappa shape index (κ2) is 13.7. The Morgan fingerprint density at radius 2 is 1.05 bits per heavy atom. The average molecular weight is 541 g/mol. The highest BCUT2D eigenvalue weighted by molar-refractivity contribution is 7.09. The lowest BCUT2D eigenvalue weighted by atomic mass is 10.0. The normalized spacial score (nSPS) is 11.1. The Balaban J connectivity index is 1.20. The lowest BCUT2D eigenvalue weighted by Crippen LogP contribution is -2.37. The van der Waals surface area contributed by atoms with E-state index in [1.54, 1.807) is 22.7 Å². The molecule has 0 aliphatic heterocycles. The lowest BCUT2D eigenvalue weighted by molar-refractivity contribution is -0.699. The Labute approximate surface area is 227 Å². The maximum atomic E-state index is 9.16. The van der Waals surface area contributed by atoms with Gasteiger partial charge in [-0.1, -0.05) is 46.9 Å². The van der Waals surface area contributed by atoms with Crippen LogP contribution in [0.4, 0.5) is 0 Å². The first-order valence-electron chi connectivity index (χ1n) is 12.7. The van der Waals surface area contributed by atoms with E-state index in [0.717, 1.165) is 31.0 Å². The molecular formula is C29H36N2O4S2+2. The summed E-state index contributed by atoms with van der Waals surface area (Å²) >= 11 is 3.38. The van der Waals surface area contributed by atoms with Crippen LogP contribution in [0, 0.1) is 13.8 Å². The van der Waals surface area contributed by atoms with Gasteiger partial charge < -0.3 is 19.7 Å². The van der Waals surface area contributed by atoms with Gasteiger partial charge in [0.05, 0.1) is 9.75 Å². The van der Waals surface area contributed by atoms with Crippen molar-refractivity contribution in [2.24, 2.45) is 0 Å². The van der Waals surface area contributed by atoms with E-state index in [1.807, 2.05) is 24.3 Å². The number of benzene rings is 2. The molecule has 4 rings (SSSR count). The summed E-state index contributed by atoms with van der Waals surface area (Å²) in [5, 5.41) is 18.3. The average Bonchev–Trinajstić information content (AvgIpc) is 3.43. The number of nitrogens with zero attached hydrogens (tertiary/aromatic N) is 2. The molecule has 0 aliphatic rings. The molecule has 196 valence electrons. The number of rotatable bonds is 14. The molecule has 0 bridgehead atoms. The number of ether oxygens (including phenoxy) is 2. The minimum absolute atomic E-state index is 0.185. The van der Waals surface area contributed by atoms with Crippen molar-refractivity contribution < 1.29 is 28.8 Å². The van der Waals surface area contributed by atoms with Crippen LogP contribution < -0.4 is 18.6 Å². The van der Waals surface area contributed by atoms with Crippen molar-refractivity contribution >= 4 is 22.7 Å². The molecule has 0 unspecified atom stereocenters. The third-order valence-electron chi connectivity index (χ3n) is 6.45. The first-order chi connectivity index (χ1) is 18.1. The second-order valence-electron chi connectivity index (χ2n) is 8.96. The summed E-state index contributed by atoms with van der Waals surface area (Å²) in [5.74, 6) is 1.75. The minimum atomic E-state index is 0.185. The van der Waals surface area contributed by atoms with Gasteiger partial charge >= 0.3 is 0 Å². The molecular weight excluding hydrogens is 504 g/mol. The van der Waals surface area contributed by atoms with Crippen molar-refractivity contribution in [2.45, 2.75) is 46.2 Å². The Hall–Kier alpha value is -2.78. The van der Waals surface area contributed by atoms with E-state index < -0.39 is 0 Å². The summed E-state index contributed by atoms with van der Waals surface area (Å²) in [6, 6.07) is 16.6. The van der Waals surface area contributed by atoms with Gasteiger partial charge in [0.2, 0.25) is 11.0 Å². The first kappa shape index (κ1) is 27.3. The van der Waals surface area contributed by atoms with E-state index in [9.17, 15) is 0 Å². The van der Waals surface area contributed by atoms with Crippen molar-refractivity contribution in [3.63, 3.8) is 0 Å². The SMILES string of the molecule is Cc1c(CCO)sc[n+]1CCOc1ccc(Cc2ccc(OCC[n+]3csc(CCO)c3C)cc2)cc1. The van der Waals surface area contributed by atoms with E-state index in [2.05, 4.69) is 58.3 Å². The second-order valence-corrected chi connectivity index (χ2v) is 10.8. The highest BCUT2D eigenvalue weighted by atomic mass is 32.1. The fourth-order valence-electron chi connectivity index (χ4n) is 4.19. The largest absolute Gasteiger partial charge is 0.487 e. The van der Waals surface area contributed by atoms with Gasteiger partial charge in [-0.3, -0.25) is 0 Å². The van der Waals surface area contributed by atoms with Crippen LogP contribution in [-0.4, -0.2) is 36.6 Å². The molecule has 2 N–H and O–H groups in total. The monoisotopic (exact) mass is 540 g/mol. The molecule has 8 heteroatoms. The van der Waals surface area contributed by atoms with Gasteiger partial charge in [-0.25, -0.2) is 0 Å². The highest BCUT2D eigenvalue weighted by Gasteiger charge is 2.15. The van der Waals surface area contributed by atoms with Crippen LogP contribution in [0.1, 0.15) is 32.3 Å². The smallest absolute Gasteiger partial charge is 0.225 e. The number of hydrogen-bond acceptors (Lipinski definition) is 6. The lowest BCUT2D eigenvalue weighted by Gasteiger charge is -2.08. The number of hydrogen-bond donors (Lipinski definition) is 2. The molecule has 0 fully saturated rings. The van der Waals surface area contributed by atoms with Crippen molar-refractivity contribution in [3.05, 3.63) is 91.8 Å². The molecule has 0 saturated heterocycles. The Kier molecular flexibility index (Phi) is 10.1. The molecule has 0 spiro atoms. The zero-order valence-electron chi connectivity index (χ0n) is 21.6. The van der Waals surface area contributed by atoms with Gasteiger partial charge in [0.15, 0.2) is 24.5 Å². The summed E-state index contributed by atoms with van der Waals surface area (Å²) in [5.41, 5.74) is 9.09. The summed E-state index contributed by atoms with van der Waals surface area (Å²) < 4.78 is 16.3. The predicted octanol–water partition coefficient (Wildman–Crippen LogP) is 3.82. The number of thiazole rings is 2. The Morgan fingerprint density at radius 1 is 0.649 bits per heavy atom. The summed E-state index contributed by atoms with van der Waals surface area (Å²) in [6.07, 6.45) is 2.28. The maximum Gasteiger partial charge on any atom is 0.225 e.